The molecule has 0 bridgehead atoms. The Hall–Kier alpha value is -3.33. The van der Waals surface area contributed by atoms with Gasteiger partial charge in [-0.25, -0.2) is 9.97 Å². The van der Waals surface area contributed by atoms with Gasteiger partial charge in [-0.1, -0.05) is 5.21 Å². The van der Waals surface area contributed by atoms with E-state index in [1.54, 1.807) is 6.20 Å². The molecule has 1 aliphatic heterocycles. The molecule has 4 aromatic rings. The number of fused-ring (bicyclic) bond motifs is 2. The minimum absolute atomic E-state index is 0.176. The van der Waals surface area contributed by atoms with Gasteiger partial charge >= 0.3 is 0 Å². The molecule has 0 radical (unpaired) electrons. The number of piperidine rings is 1. The van der Waals surface area contributed by atoms with Crippen LogP contribution >= 0.6 is 0 Å². The summed E-state index contributed by atoms with van der Waals surface area (Å²) in [7, 11) is 2.04. The lowest BCUT2D eigenvalue weighted by Gasteiger charge is -2.32. The molecule has 0 aliphatic carbocycles. The molecule has 142 valence electrons. The lowest BCUT2D eigenvalue weighted by molar-refractivity contribution is 0.442. The smallest absolute Gasteiger partial charge is 0.259 e. The molecule has 1 saturated heterocycles. The Labute approximate surface area is 160 Å². The van der Waals surface area contributed by atoms with E-state index in [1.165, 1.54) is 0 Å². The molecule has 1 fully saturated rings. The molecule has 0 amide bonds. The zero-order valence-electron chi connectivity index (χ0n) is 15.4. The van der Waals surface area contributed by atoms with Gasteiger partial charge in [0.2, 0.25) is 0 Å². The van der Waals surface area contributed by atoms with Crippen molar-refractivity contribution in [1.29, 1.82) is 0 Å². The summed E-state index contributed by atoms with van der Waals surface area (Å²) in [6, 6.07) is 7.82. The van der Waals surface area contributed by atoms with Gasteiger partial charge in [-0.2, -0.15) is 0 Å². The maximum atomic E-state index is 12.8. The lowest BCUT2D eigenvalue weighted by Crippen LogP contribution is -2.41. The molecule has 0 spiro atoms. The van der Waals surface area contributed by atoms with E-state index in [9.17, 15) is 4.79 Å². The number of hydrogen-bond donors (Lipinski definition) is 3. The molecule has 5 rings (SSSR count). The van der Waals surface area contributed by atoms with Crippen LogP contribution in [0.25, 0.3) is 33.3 Å². The third kappa shape index (κ3) is 2.89. The second-order valence-corrected chi connectivity index (χ2v) is 7.11. The van der Waals surface area contributed by atoms with E-state index in [0.29, 0.717) is 22.8 Å². The SMILES string of the molecule is CN(c1cc2c(=O)[nH]c(-c3ccc4nn[nH]c4c3)nc2cn1)C1CCNCC1. The van der Waals surface area contributed by atoms with Crippen molar-refractivity contribution < 1.29 is 0 Å². The first-order chi connectivity index (χ1) is 13.7. The molecule has 1 aliphatic rings. The number of H-pyrrole nitrogens is 2. The normalized spacial score (nSPS) is 15.3. The van der Waals surface area contributed by atoms with Crippen molar-refractivity contribution in [3.63, 3.8) is 0 Å². The molecule has 1 aromatic carbocycles. The molecule has 28 heavy (non-hydrogen) atoms. The first kappa shape index (κ1) is 16.8. The molecular weight excluding hydrogens is 356 g/mol. The van der Waals surface area contributed by atoms with Gasteiger partial charge < -0.3 is 15.2 Å². The van der Waals surface area contributed by atoms with E-state index in [4.69, 9.17) is 0 Å². The molecule has 9 heteroatoms. The van der Waals surface area contributed by atoms with Gasteiger partial charge in [0.05, 0.1) is 22.6 Å². The van der Waals surface area contributed by atoms with Crippen molar-refractivity contribution >= 4 is 27.8 Å². The summed E-state index contributed by atoms with van der Waals surface area (Å²) < 4.78 is 0. The summed E-state index contributed by atoms with van der Waals surface area (Å²) >= 11 is 0. The Balaban J connectivity index is 1.53. The van der Waals surface area contributed by atoms with Crippen molar-refractivity contribution in [2.24, 2.45) is 0 Å². The standard InChI is InChI=1S/C19H20N8O/c1-27(12-4-6-20-7-5-12)17-9-13-16(10-21-17)22-18(23-19(13)28)11-2-3-14-15(8-11)25-26-24-14/h2-3,8-10,12,20H,4-7H2,1H3,(H,22,23,28)(H,24,25,26). The van der Waals surface area contributed by atoms with Gasteiger partial charge in [-0.15, -0.1) is 5.10 Å². The number of anilines is 1. The summed E-state index contributed by atoms with van der Waals surface area (Å²) in [5.41, 5.74) is 2.74. The average Bonchev–Trinajstić information content (AvgIpc) is 3.21. The van der Waals surface area contributed by atoms with Crippen molar-refractivity contribution in [2.45, 2.75) is 18.9 Å². The van der Waals surface area contributed by atoms with Gasteiger partial charge in [0.25, 0.3) is 5.56 Å². The second-order valence-electron chi connectivity index (χ2n) is 7.11. The fraction of sp³-hybridized carbons (Fsp3) is 0.316. The maximum Gasteiger partial charge on any atom is 0.259 e. The van der Waals surface area contributed by atoms with Gasteiger partial charge in [0.15, 0.2) is 0 Å². The molecule has 0 atom stereocenters. The highest BCUT2D eigenvalue weighted by Crippen LogP contribution is 2.23. The fourth-order valence-electron chi connectivity index (χ4n) is 3.73. The van der Waals surface area contributed by atoms with Crippen LogP contribution in [0.2, 0.25) is 0 Å². The topological polar surface area (TPSA) is 115 Å². The Morgan fingerprint density at radius 3 is 2.86 bits per heavy atom. The third-order valence-corrected chi connectivity index (χ3v) is 5.39. The Morgan fingerprint density at radius 1 is 1.14 bits per heavy atom. The monoisotopic (exact) mass is 376 g/mol. The summed E-state index contributed by atoms with van der Waals surface area (Å²) in [6.45, 7) is 2.01. The summed E-state index contributed by atoms with van der Waals surface area (Å²) in [6.07, 6.45) is 3.81. The molecular formula is C19H20N8O. The molecule has 4 heterocycles. The fourth-order valence-corrected chi connectivity index (χ4v) is 3.73. The molecule has 3 N–H and O–H groups in total. The first-order valence-electron chi connectivity index (χ1n) is 9.34. The molecule has 9 nitrogen and oxygen atoms in total. The largest absolute Gasteiger partial charge is 0.357 e. The highest BCUT2D eigenvalue weighted by atomic mass is 16.1. The number of pyridine rings is 1. The van der Waals surface area contributed by atoms with Gasteiger partial charge in [0.1, 0.15) is 17.2 Å². The average molecular weight is 376 g/mol. The third-order valence-electron chi connectivity index (χ3n) is 5.39. The van der Waals surface area contributed by atoms with E-state index in [-0.39, 0.29) is 5.56 Å². The van der Waals surface area contributed by atoms with E-state index < -0.39 is 0 Å². The van der Waals surface area contributed by atoms with Crippen LogP contribution in [-0.4, -0.2) is 56.5 Å². The Morgan fingerprint density at radius 2 is 2.00 bits per heavy atom. The van der Waals surface area contributed by atoms with Crippen molar-refractivity contribution in [2.75, 3.05) is 25.0 Å². The van der Waals surface area contributed by atoms with E-state index in [1.807, 2.05) is 31.3 Å². The number of aromatic nitrogens is 6. The van der Waals surface area contributed by atoms with Crippen LogP contribution in [0.15, 0.2) is 35.3 Å². The Bertz CT molecular complexity index is 1210. The number of benzene rings is 1. The maximum absolute atomic E-state index is 12.8. The van der Waals surface area contributed by atoms with Crippen LogP contribution in [0.1, 0.15) is 12.8 Å². The number of nitrogens with one attached hydrogen (secondary N) is 3. The van der Waals surface area contributed by atoms with Gasteiger partial charge in [-0.3, -0.25) is 9.89 Å². The van der Waals surface area contributed by atoms with Crippen LogP contribution in [0, 0.1) is 0 Å². The highest BCUT2D eigenvalue weighted by molar-refractivity contribution is 5.83. The quantitative estimate of drug-likeness (QED) is 0.495. The summed E-state index contributed by atoms with van der Waals surface area (Å²) in [5.74, 6) is 1.29. The van der Waals surface area contributed by atoms with Gasteiger partial charge in [0, 0.05) is 18.7 Å². The van der Waals surface area contributed by atoms with E-state index in [2.05, 4.69) is 40.6 Å². The minimum Gasteiger partial charge on any atom is -0.357 e. The summed E-state index contributed by atoms with van der Waals surface area (Å²) in [4.78, 5) is 27.0. The first-order valence-corrected chi connectivity index (χ1v) is 9.34. The minimum atomic E-state index is -0.176. The van der Waals surface area contributed by atoms with Gasteiger partial charge in [-0.05, 0) is 50.2 Å². The predicted octanol–water partition coefficient (Wildman–Crippen LogP) is 1.44. The number of nitrogens with zero attached hydrogens (tertiary/aromatic N) is 5. The van der Waals surface area contributed by atoms with Crippen LogP contribution in [-0.2, 0) is 0 Å². The zero-order valence-corrected chi connectivity index (χ0v) is 15.4. The molecule has 3 aromatic heterocycles. The zero-order chi connectivity index (χ0) is 19.1. The van der Waals surface area contributed by atoms with Crippen molar-refractivity contribution in [1.82, 2.24) is 35.7 Å². The number of hydrogen-bond acceptors (Lipinski definition) is 7. The molecule has 0 unspecified atom stereocenters. The van der Waals surface area contributed by atoms with E-state index in [0.717, 1.165) is 48.3 Å². The van der Waals surface area contributed by atoms with E-state index >= 15 is 0 Å². The second kappa shape index (κ2) is 6.68. The highest BCUT2D eigenvalue weighted by Gasteiger charge is 2.19. The van der Waals surface area contributed by atoms with Crippen LogP contribution < -0.4 is 15.8 Å². The predicted molar refractivity (Wildman–Crippen MR) is 107 cm³/mol. The lowest BCUT2D eigenvalue weighted by atomic mass is 10.1. The van der Waals surface area contributed by atoms with Crippen LogP contribution in [0.5, 0.6) is 0 Å². The van der Waals surface area contributed by atoms with Crippen LogP contribution in [0.4, 0.5) is 5.82 Å². The Kier molecular flexibility index (Phi) is 4.01. The van der Waals surface area contributed by atoms with Crippen LogP contribution in [0.3, 0.4) is 0 Å². The van der Waals surface area contributed by atoms with Crippen molar-refractivity contribution in [3.05, 3.63) is 40.8 Å². The number of rotatable bonds is 3. The number of aromatic amines is 2. The summed E-state index contributed by atoms with van der Waals surface area (Å²) in [5, 5.41) is 14.5. The molecule has 0 saturated carbocycles. The van der Waals surface area contributed by atoms with Crippen molar-refractivity contribution in [3.8, 4) is 11.4 Å².